The quantitative estimate of drug-likeness (QED) is 0.684. The molecular weight excluding hydrogens is 443 g/mol. The minimum atomic E-state index is -0.440. The van der Waals surface area contributed by atoms with Crippen LogP contribution < -0.4 is 5.32 Å². The van der Waals surface area contributed by atoms with E-state index in [0.717, 1.165) is 5.69 Å². The maximum atomic E-state index is 13.5. The average Bonchev–Trinajstić information content (AvgIpc) is 3.25. The molecule has 0 unspecified atom stereocenters. The Morgan fingerprint density at radius 3 is 2.97 bits per heavy atom. The summed E-state index contributed by atoms with van der Waals surface area (Å²) in [5.41, 5.74) is 1.14. The Hall–Kier alpha value is -3.05. The second-order valence-corrected chi connectivity index (χ2v) is 8.78. The van der Waals surface area contributed by atoms with Crippen molar-refractivity contribution in [1.82, 2.24) is 24.8 Å². The summed E-state index contributed by atoms with van der Waals surface area (Å²) in [5.74, 6) is -0.637. The van der Waals surface area contributed by atoms with Gasteiger partial charge in [0.05, 0.1) is 37.3 Å². The minimum Gasteiger partial charge on any atom is -0.394 e. The van der Waals surface area contributed by atoms with Gasteiger partial charge in [-0.1, -0.05) is 18.2 Å². The zero-order valence-electron chi connectivity index (χ0n) is 19.9. The number of amides is 3. The van der Waals surface area contributed by atoms with Crippen molar-refractivity contribution in [3.63, 3.8) is 0 Å². The molecule has 0 saturated carbocycles. The molecule has 34 heavy (non-hydrogen) atoms. The van der Waals surface area contributed by atoms with Crippen LogP contribution in [0.5, 0.6) is 0 Å². The minimum absolute atomic E-state index is 0.0495. The number of aromatic nitrogens is 3. The van der Waals surface area contributed by atoms with Crippen molar-refractivity contribution < 1.29 is 23.8 Å². The molecule has 10 nitrogen and oxygen atoms in total. The van der Waals surface area contributed by atoms with E-state index in [0.29, 0.717) is 31.6 Å². The zero-order chi connectivity index (χ0) is 24.7. The number of nitrogens with zero attached hydrogens (tertiary/aromatic N) is 5. The molecule has 186 valence electrons. The summed E-state index contributed by atoms with van der Waals surface area (Å²) in [6.45, 7) is 5.01. The van der Waals surface area contributed by atoms with E-state index in [1.54, 1.807) is 35.8 Å². The molecule has 1 aliphatic heterocycles. The monoisotopic (exact) mass is 476 g/mol. The van der Waals surface area contributed by atoms with E-state index < -0.39 is 18.0 Å². The van der Waals surface area contributed by atoms with E-state index in [9.17, 15) is 19.1 Å². The lowest BCUT2D eigenvalue weighted by Gasteiger charge is -2.35. The third-order valence-electron chi connectivity index (χ3n) is 6.02. The molecule has 2 aromatic rings. The molecule has 2 heterocycles. The Morgan fingerprint density at radius 1 is 1.44 bits per heavy atom. The van der Waals surface area contributed by atoms with Crippen LogP contribution in [0.15, 0.2) is 30.5 Å². The van der Waals surface area contributed by atoms with E-state index in [1.807, 2.05) is 6.92 Å². The standard InChI is InChI=1S/C23H33FN6O4/c1-16-12-29(17(2)14-31)22(32)8-5-9-30-20(11-25-27-30)15-34-21(16)13-28(3)23(33)26-19-7-4-6-18(24)10-19/h4,6-7,10-11,16-17,21,31H,5,8-9,12-15H2,1-3H3,(H,26,33)/t16-,17-,21-/m1/s1. The first-order chi connectivity index (χ1) is 16.3. The van der Waals surface area contributed by atoms with Gasteiger partial charge in [0.25, 0.3) is 0 Å². The summed E-state index contributed by atoms with van der Waals surface area (Å²) >= 11 is 0. The second kappa shape index (κ2) is 11.9. The number of hydrogen-bond donors (Lipinski definition) is 2. The van der Waals surface area contributed by atoms with Gasteiger partial charge in [-0.3, -0.25) is 4.79 Å². The largest absolute Gasteiger partial charge is 0.394 e. The molecule has 0 saturated heterocycles. The average molecular weight is 477 g/mol. The fourth-order valence-corrected chi connectivity index (χ4v) is 3.88. The van der Waals surface area contributed by atoms with Crippen LogP contribution in [0.4, 0.5) is 14.9 Å². The molecule has 2 N–H and O–H groups in total. The molecule has 3 atom stereocenters. The van der Waals surface area contributed by atoms with Crippen molar-refractivity contribution in [2.75, 3.05) is 32.1 Å². The van der Waals surface area contributed by atoms with Crippen molar-refractivity contribution >= 4 is 17.6 Å². The normalized spacial score (nSPS) is 20.6. The Labute approximate surface area is 198 Å². The fraction of sp³-hybridized carbons (Fsp3) is 0.565. The number of urea groups is 1. The number of ether oxygens (including phenoxy) is 1. The van der Waals surface area contributed by atoms with Gasteiger partial charge in [-0.2, -0.15) is 0 Å². The van der Waals surface area contributed by atoms with Crippen LogP contribution in [0.25, 0.3) is 0 Å². The predicted molar refractivity (Wildman–Crippen MR) is 123 cm³/mol. The summed E-state index contributed by atoms with van der Waals surface area (Å²) < 4.78 is 21.4. The number of benzene rings is 1. The van der Waals surface area contributed by atoms with Crippen molar-refractivity contribution in [1.29, 1.82) is 0 Å². The second-order valence-electron chi connectivity index (χ2n) is 8.78. The lowest BCUT2D eigenvalue weighted by molar-refractivity contribution is -0.136. The Balaban J connectivity index is 1.76. The van der Waals surface area contributed by atoms with E-state index in [2.05, 4.69) is 15.6 Å². The van der Waals surface area contributed by atoms with Gasteiger partial charge in [-0.25, -0.2) is 13.9 Å². The van der Waals surface area contributed by atoms with Gasteiger partial charge in [0.15, 0.2) is 0 Å². The van der Waals surface area contributed by atoms with Gasteiger partial charge in [0, 0.05) is 44.7 Å². The number of carbonyl (C=O) groups is 2. The molecule has 1 aromatic carbocycles. The Bertz CT molecular complexity index is 970. The number of fused-ring (bicyclic) bond motifs is 1. The Morgan fingerprint density at radius 2 is 2.24 bits per heavy atom. The van der Waals surface area contributed by atoms with Gasteiger partial charge in [-0.05, 0) is 31.5 Å². The van der Waals surface area contributed by atoms with Gasteiger partial charge >= 0.3 is 6.03 Å². The first kappa shape index (κ1) is 25.6. The molecular formula is C23H33FN6O4. The first-order valence-corrected chi connectivity index (χ1v) is 11.5. The molecule has 1 aromatic heterocycles. The zero-order valence-corrected chi connectivity index (χ0v) is 19.9. The molecule has 1 aliphatic rings. The number of rotatable bonds is 5. The lowest BCUT2D eigenvalue weighted by atomic mass is 10.0. The number of halogens is 1. The first-order valence-electron chi connectivity index (χ1n) is 11.5. The smallest absolute Gasteiger partial charge is 0.321 e. The van der Waals surface area contributed by atoms with Gasteiger partial charge in [-0.15, -0.1) is 5.10 Å². The van der Waals surface area contributed by atoms with E-state index in [-0.39, 0.29) is 37.6 Å². The summed E-state index contributed by atoms with van der Waals surface area (Å²) in [6, 6.07) is 4.94. The highest BCUT2D eigenvalue weighted by Gasteiger charge is 2.29. The number of likely N-dealkylation sites (N-methyl/N-ethyl adjacent to an activating group) is 1. The topological polar surface area (TPSA) is 113 Å². The molecule has 0 aliphatic carbocycles. The highest BCUT2D eigenvalue weighted by atomic mass is 19.1. The van der Waals surface area contributed by atoms with Crippen LogP contribution >= 0.6 is 0 Å². The maximum Gasteiger partial charge on any atom is 0.321 e. The van der Waals surface area contributed by atoms with Gasteiger partial charge in [0.2, 0.25) is 5.91 Å². The third-order valence-corrected chi connectivity index (χ3v) is 6.02. The van der Waals surface area contributed by atoms with Crippen molar-refractivity contribution in [2.24, 2.45) is 5.92 Å². The molecule has 0 bridgehead atoms. The van der Waals surface area contributed by atoms with Gasteiger partial charge < -0.3 is 25.0 Å². The molecule has 11 heteroatoms. The van der Waals surface area contributed by atoms with E-state index in [1.165, 1.54) is 23.1 Å². The molecule has 3 rings (SSSR count). The lowest BCUT2D eigenvalue weighted by Crippen LogP contribution is -2.48. The number of aryl methyl sites for hydroxylation is 1. The highest BCUT2D eigenvalue weighted by molar-refractivity contribution is 5.89. The van der Waals surface area contributed by atoms with Crippen LogP contribution in [0.2, 0.25) is 0 Å². The van der Waals surface area contributed by atoms with E-state index >= 15 is 0 Å². The maximum absolute atomic E-state index is 13.5. The van der Waals surface area contributed by atoms with Crippen molar-refractivity contribution in [3.05, 3.63) is 42.0 Å². The number of nitrogens with one attached hydrogen (secondary N) is 1. The van der Waals surface area contributed by atoms with Crippen LogP contribution in [0.1, 0.15) is 32.4 Å². The van der Waals surface area contributed by atoms with Crippen LogP contribution in [0.3, 0.4) is 0 Å². The number of hydrogen-bond acceptors (Lipinski definition) is 6. The van der Waals surface area contributed by atoms with Crippen molar-refractivity contribution in [2.45, 2.75) is 52.0 Å². The van der Waals surface area contributed by atoms with Crippen LogP contribution in [-0.2, 0) is 22.7 Å². The van der Waals surface area contributed by atoms with Gasteiger partial charge in [0.1, 0.15) is 5.82 Å². The number of aliphatic hydroxyl groups is 1. The Kier molecular flexibility index (Phi) is 8.94. The number of carbonyl (C=O) groups excluding carboxylic acids is 2. The highest BCUT2D eigenvalue weighted by Crippen LogP contribution is 2.19. The fourth-order valence-electron chi connectivity index (χ4n) is 3.88. The molecule has 0 fully saturated rings. The molecule has 3 amide bonds. The number of aliphatic hydroxyl groups excluding tert-OH is 1. The summed E-state index contributed by atoms with van der Waals surface area (Å²) in [7, 11) is 1.63. The SMILES string of the molecule is C[C@@H]1CN([C@H](C)CO)C(=O)CCCn2nncc2CO[C@@H]1CN(C)C(=O)Nc1cccc(F)c1. The number of anilines is 1. The summed E-state index contributed by atoms with van der Waals surface area (Å²) in [5, 5.41) is 20.4. The van der Waals surface area contributed by atoms with Crippen LogP contribution in [-0.4, -0.2) is 80.7 Å². The van der Waals surface area contributed by atoms with Crippen molar-refractivity contribution in [3.8, 4) is 0 Å². The van der Waals surface area contributed by atoms with Crippen LogP contribution in [0, 0.1) is 11.7 Å². The molecule has 0 spiro atoms. The third kappa shape index (κ3) is 6.73. The summed E-state index contributed by atoms with van der Waals surface area (Å²) in [4.78, 5) is 28.8. The predicted octanol–water partition coefficient (Wildman–Crippen LogP) is 2.11. The van der Waals surface area contributed by atoms with E-state index in [4.69, 9.17) is 4.74 Å². The molecule has 0 radical (unpaired) electrons. The summed E-state index contributed by atoms with van der Waals surface area (Å²) in [6.07, 6.45) is 2.14.